The highest BCUT2D eigenvalue weighted by Crippen LogP contribution is 2.12. The SMILES string of the molecule is CCOC(=O)c1ccc(NC(=O)/C(C#N)=C\N2CCN(CC)CC2)cc1. The Morgan fingerprint density at radius 1 is 1.19 bits per heavy atom. The lowest BCUT2D eigenvalue weighted by Gasteiger charge is -2.33. The number of likely N-dealkylation sites (N-methyl/N-ethyl adjacent to an activating group) is 1. The van der Waals surface area contributed by atoms with Gasteiger partial charge in [0.2, 0.25) is 0 Å². The Balaban J connectivity index is 1.97. The standard InChI is InChI=1S/C19H24N4O3/c1-3-22-9-11-23(12-10-22)14-16(13-20)18(24)21-17-7-5-15(6-8-17)19(25)26-4-2/h5-8,14H,3-4,9-12H2,1-2H3,(H,21,24)/b16-14-. The third-order valence-electron chi connectivity index (χ3n) is 4.18. The van der Waals surface area contributed by atoms with E-state index in [1.54, 1.807) is 37.4 Å². The molecule has 1 aliphatic heterocycles. The smallest absolute Gasteiger partial charge is 0.338 e. The Bertz CT molecular complexity index is 698. The normalized spacial score (nSPS) is 15.3. The van der Waals surface area contributed by atoms with Gasteiger partial charge in [0.25, 0.3) is 5.91 Å². The summed E-state index contributed by atoms with van der Waals surface area (Å²) in [4.78, 5) is 28.3. The molecule has 1 amide bonds. The molecule has 26 heavy (non-hydrogen) atoms. The molecule has 1 aromatic carbocycles. The van der Waals surface area contributed by atoms with E-state index >= 15 is 0 Å². The first-order valence-electron chi connectivity index (χ1n) is 8.74. The van der Waals surface area contributed by atoms with Crippen molar-refractivity contribution in [1.29, 1.82) is 5.26 Å². The van der Waals surface area contributed by atoms with E-state index in [1.807, 2.05) is 11.0 Å². The number of carbonyl (C=O) groups excluding carboxylic acids is 2. The number of ether oxygens (including phenoxy) is 1. The molecular formula is C19H24N4O3. The van der Waals surface area contributed by atoms with Crippen molar-refractivity contribution in [2.45, 2.75) is 13.8 Å². The van der Waals surface area contributed by atoms with E-state index in [1.165, 1.54) is 0 Å². The molecule has 7 heteroatoms. The lowest BCUT2D eigenvalue weighted by atomic mass is 10.2. The number of carbonyl (C=O) groups is 2. The summed E-state index contributed by atoms with van der Waals surface area (Å²) < 4.78 is 4.92. The molecule has 0 atom stereocenters. The second-order valence-electron chi connectivity index (χ2n) is 5.88. The maximum atomic E-state index is 12.3. The number of nitrogens with one attached hydrogen (secondary N) is 1. The molecule has 1 N–H and O–H groups in total. The molecule has 0 aromatic heterocycles. The van der Waals surface area contributed by atoms with Crippen molar-refractivity contribution in [3.63, 3.8) is 0 Å². The van der Waals surface area contributed by atoms with Crippen LogP contribution in [0.4, 0.5) is 5.69 Å². The summed E-state index contributed by atoms with van der Waals surface area (Å²) in [5.41, 5.74) is 0.985. The molecule has 2 rings (SSSR count). The first-order chi connectivity index (χ1) is 12.6. The minimum absolute atomic E-state index is 0.0596. The quantitative estimate of drug-likeness (QED) is 0.476. The molecule has 1 heterocycles. The van der Waals surface area contributed by atoms with Gasteiger partial charge in [0, 0.05) is 38.1 Å². The van der Waals surface area contributed by atoms with E-state index in [9.17, 15) is 14.9 Å². The van der Waals surface area contributed by atoms with Gasteiger partial charge in [0.15, 0.2) is 0 Å². The zero-order chi connectivity index (χ0) is 18.9. The average Bonchev–Trinajstić information content (AvgIpc) is 2.67. The van der Waals surface area contributed by atoms with Crippen molar-refractivity contribution >= 4 is 17.6 Å². The number of esters is 1. The van der Waals surface area contributed by atoms with E-state index in [0.29, 0.717) is 17.9 Å². The van der Waals surface area contributed by atoms with E-state index in [-0.39, 0.29) is 5.57 Å². The number of hydrogen-bond acceptors (Lipinski definition) is 6. The molecule has 0 unspecified atom stereocenters. The number of nitrogens with zero attached hydrogens (tertiary/aromatic N) is 3. The highest BCUT2D eigenvalue weighted by atomic mass is 16.5. The Labute approximate surface area is 153 Å². The van der Waals surface area contributed by atoms with Gasteiger partial charge in [-0.25, -0.2) is 4.79 Å². The van der Waals surface area contributed by atoms with Crippen LogP contribution in [-0.4, -0.2) is 61.0 Å². The van der Waals surface area contributed by atoms with Crippen LogP contribution in [0.1, 0.15) is 24.2 Å². The van der Waals surface area contributed by atoms with Crippen molar-refractivity contribution in [3.8, 4) is 6.07 Å². The summed E-state index contributed by atoms with van der Waals surface area (Å²) in [5, 5.41) is 12.0. The fourth-order valence-corrected chi connectivity index (χ4v) is 2.63. The first kappa shape index (κ1) is 19.5. The third kappa shape index (κ3) is 5.33. The van der Waals surface area contributed by atoms with Gasteiger partial charge < -0.3 is 19.9 Å². The van der Waals surface area contributed by atoms with Crippen LogP contribution in [0.25, 0.3) is 0 Å². The van der Waals surface area contributed by atoms with E-state index < -0.39 is 11.9 Å². The highest BCUT2D eigenvalue weighted by Gasteiger charge is 2.16. The van der Waals surface area contributed by atoms with Crippen molar-refractivity contribution < 1.29 is 14.3 Å². The maximum Gasteiger partial charge on any atom is 0.338 e. The van der Waals surface area contributed by atoms with E-state index in [4.69, 9.17) is 4.74 Å². The number of rotatable bonds is 6. The first-order valence-corrected chi connectivity index (χ1v) is 8.74. The second kappa shape index (κ2) is 9.59. The molecule has 1 saturated heterocycles. The number of nitriles is 1. The van der Waals surface area contributed by atoms with Gasteiger partial charge >= 0.3 is 5.97 Å². The van der Waals surface area contributed by atoms with Crippen LogP contribution in [0, 0.1) is 11.3 Å². The third-order valence-corrected chi connectivity index (χ3v) is 4.18. The predicted molar refractivity (Wildman–Crippen MR) is 98.4 cm³/mol. The molecular weight excluding hydrogens is 332 g/mol. The van der Waals surface area contributed by atoms with E-state index in [2.05, 4.69) is 17.1 Å². The Kier molecular flexibility index (Phi) is 7.18. The van der Waals surface area contributed by atoms with Crippen LogP contribution in [0.15, 0.2) is 36.0 Å². The second-order valence-corrected chi connectivity index (χ2v) is 5.88. The fraction of sp³-hybridized carbons (Fsp3) is 0.421. The molecule has 0 saturated carbocycles. The summed E-state index contributed by atoms with van der Waals surface area (Å²) in [6, 6.07) is 8.33. The summed E-state index contributed by atoms with van der Waals surface area (Å²) in [7, 11) is 0. The van der Waals surface area contributed by atoms with Gasteiger partial charge in [0.1, 0.15) is 11.6 Å². The molecule has 1 fully saturated rings. The van der Waals surface area contributed by atoms with Crippen molar-refractivity contribution in [3.05, 3.63) is 41.6 Å². The van der Waals surface area contributed by atoms with Gasteiger partial charge in [-0.15, -0.1) is 0 Å². The highest BCUT2D eigenvalue weighted by molar-refractivity contribution is 6.06. The topological polar surface area (TPSA) is 85.7 Å². The summed E-state index contributed by atoms with van der Waals surface area (Å²) in [6.45, 7) is 8.59. The van der Waals surface area contributed by atoms with Gasteiger partial charge in [-0.2, -0.15) is 5.26 Å². The van der Waals surface area contributed by atoms with Gasteiger partial charge in [-0.05, 0) is 37.7 Å². The zero-order valence-corrected chi connectivity index (χ0v) is 15.2. The minimum atomic E-state index is -0.464. The number of hydrogen-bond donors (Lipinski definition) is 1. The summed E-state index contributed by atoms with van der Waals surface area (Å²) in [5.74, 6) is -0.872. The Morgan fingerprint density at radius 2 is 1.85 bits per heavy atom. The largest absolute Gasteiger partial charge is 0.462 e. The monoisotopic (exact) mass is 356 g/mol. The maximum absolute atomic E-state index is 12.3. The van der Waals surface area contributed by atoms with Crippen LogP contribution in [0.2, 0.25) is 0 Å². The molecule has 0 bridgehead atoms. The zero-order valence-electron chi connectivity index (χ0n) is 15.2. The lowest BCUT2D eigenvalue weighted by Crippen LogP contribution is -2.44. The number of amides is 1. The van der Waals surface area contributed by atoms with Crippen LogP contribution in [0.5, 0.6) is 0 Å². The van der Waals surface area contributed by atoms with Crippen molar-refractivity contribution in [1.82, 2.24) is 9.80 Å². The van der Waals surface area contributed by atoms with Crippen LogP contribution >= 0.6 is 0 Å². The molecule has 0 spiro atoms. The molecule has 0 aliphatic carbocycles. The van der Waals surface area contributed by atoms with Gasteiger partial charge in [-0.3, -0.25) is 4.79 Å². The Morgan fingerprint density at radius 3 is 2.38 bits per heavy atom. The molecule has 1 aliphatic rings. The number of piperazine rings is 1. The van der Waals surface area contributed by atoms with Crippen LogP contribution in [-0.2, 0) is 9.53 Å². The van der Waals surface area contributed by atoms with Crippen molar-refractivity contribution in [2.75, 3.05) is 44.6 Å². The lowest BCUT2D eigenvalue weighted by molar-refractivity contribution is -0.112. The summed E-state index contributed by atoms with van der Waals surface area (Å²) in [6.07, 6.45) is 1.62. The number of anilines is 1. The molecule has 138 valence electrons. The number of benzene rings is 1. The van der Waals surface area contributed by atoms with E-state index in [0.717, 1.165) is 32.7 Å². The molecule has 7 nitrogen and oxygen atoms in total. The summed E-state index contributed by atoms with van der Waals surface area (Å²) >= 11 is 0. The van der Waals surface area contributed by atoms with Crippen molar-refractivity contribution in [2.24, 2.45) is 0 Å². The molecule has 0 radical (unpaired) electrons. The molecule has 1 aromatic rings. The van der Waals surface area contributed by atoms with Crippen LogP contribution in [0.3, 0.4) is 0 Å². The minimum Gasteiger partial charge on any atom is -0.462 e. The van der Waals surface area contributed by atoms with Gasteiger partial charge in [-0.1, -0.05) is 6.92 Å². The fourth-order valence-electron chi connectivity index (χ4n) is 2.63. The van der Waals surface area contributed by atoms with Gasteiger partial charge in [0.05, 0.1) is 12.2 Å². The Hall–Kier alpha value is -2.85. The van der Waals surface area contributed by atoms with Crippen LogP contribution < -0.4 is 5.32 Å². The average molecular weight is 356 g/mol. The predicted octanol–water partition coefficient (Wildman–Crippen LogP) is 1.85.